The first kappa shape index (κ1) is 28.8. The number of morpholine rings is 1. The highest BCUT2D eigenvalue weighted by molar-refractivity contribution is 7.89. The van der Waals surface area contributed by atoms with Crippen LogP contribution in [0.5, 0.6) is 0 Å². The van der Waals surface area contributed by atoms with Gasteiger partial charge in [0.2, 0.25) is 16.2 Å². The quantitative estimate of drug-likeness (QED) is 0.243. The zero-order valence-electron chi connectivity index (χ0n) is 21.9. The summed E-state index contributed by atoms with van der Waals surface area (Å²) in [6.07, 6.45) is -4.96. The number of nitrogens with one attached hydrogen (secondary N) is 2. The second-order valence-electron chi connectivity index (χ2n) is 9.58. The fourth-order valence-electron chi connectivity index (χ4n) is 4.77. The maximum Gasteiger partial charge on any atom is 0.423 e. The van der Waals surface area contributed by atoms with E-state index in [2.05, 4.69) is 19.9 Å². The second-order valence-corrected chi connectivity index (χ2v) is 11.3. The van der Waals surface area contributed by atoms with Crippen molar-refractivity contribution in [1.82, 2.24) is 9.71 Å². The first-order valence-electron chi connectivity index (χ1n) is 12.9. The average molecular weight is 589 g/mol. The van der Waals surface area contributed by atoms with Gasteiger partial charge >= 0.3 is 6.18 Å². The fraction of sp³-hybridized carbons (Fsp3) is 0.276. The Kier molecular flexibility index (Phi) is 8.43. The Morgan fingerprint density at radius 3 is 2.39 bits per heavy atom. The Bertz CT molecular complexity index is 1610. The predicted molar refractivity (Wildman–Crippen MR) is 149 cm³/mol. The van der Waals surface area contributed by atoms with E-state index in [1.165, 1.54) is 24.4 Å². The van der Waals surface area contributed by atoms with Crippen molar-refractivity contribution in [2.45, 2.75) is 30.3 Å². The maximum atomic E-state index is 13.6. The highest BCUT2D eigenvalue weighted by Gasteiger charge is 2.41. The molecular formula is C29H28F4N4O3S. The summed E-state index contributed by atoms with van der Waals surface area (Å²) >= 11 is 0. The molecule has 1 saturated heterocycles. The molecule has 4 aromatic rings. The minimum atomic E-state index is -4.96. The summed E-state index contributed by atoms with van der Waals surface area (Å²) in [4.78, 5) is 6.41. The molecule has 1 unspecified atom stereocenters. The zero-order valence-corrected chi connectivity index (χ0v) is 22.7. The van der Waals surface area contributed by atoms with Gasteiger partial charge in [-0.25, -0.2) is 17.5 Å². The molecule has 2 heterocycles. The van der Waals surface area contributed by atoms with Crippen molar-refractivity contribution in [3.63, 3.8) is 0 Å². The Morgan fingerprint density at radius 1 is 0.927 bits per heavy atom. The van der Waals surface area contributed by atoms with Crippen molar-refractivity contribution in [3.05, 3.63) is 95.8 Å². The van der Waals surface area contributed by atoms with E-state index in [1.807, 2.05) is 24.3 Å². The van der Waals surface area contributed by atoms with E-state index in [-0.39, 0.29) is 18.0 Å². The van der Waals surface area contributed by atoms with Crippen LogP contribution in [0.25, 0.3) is 10.8 Å². The van der Waals surface area contributed by atoms with Gasteiger partial charge in [0.25, 0.3) is 0 Å². The van der Waals surface area contributed by atoms with Crippen LogP contribution in [0.3, 0.4) is 0 Å². The topological polar surface area (TPSA) is 83.6 Å². The molecule has 1 aliphatic heterocycles. The summed E-state index contributed by atoms with van der Waals surface area (Å²) in [6, 6.07) is 17.4. The first-order valence-corrected chi connectivity index (χ1v) is 14.4. The van der Waals surface area contributed by atoms with Crippen LogP contribution in [0.15, 0.2) is 84.0 Å². The van der Waals surface area contributed by atoms with E-state index in [4.69, 9.17) is 4.74 Å². The molecule has 5 rings (SSSR count). The van der Waals surface area contributed by atoms with Crippen molar-refractivity contribution in [1.29, 1.82) is 0 Å². The largest absolute Gasteiger partial charge is 0.423 e. The normalized spacial score (nSPS) is 15.2. The van der Waals surface area contributed by atoms with E-state index >= 15 is 0 Å². The van der Waals surface area contributed by atoms with Crippen molar-refractivity contribution in [3.8, 4) is 0 Å². The molecular weight excluding hydrogens is 560 g/mol. The van der Waals surface area contributed by atoms with Crippen molar-refractivity contribution < 1.29 is 30.7 Å². The van der Waals surface area contributed by atoms with Crippen LogP contribution in [0.2, 0.25) is 0 Å². The summed E-state index contributed by atoms with van der Waals surface area (Å²) in [6.45, 7) is 3.00. The SMILES string of the molecule is O=S(=O)(NCc1ccccc1N1CCOCC1)c1ccc(NCc2ccc(C(F)C(F)(F)F)cc2)c2cnccc12. The van der Waals surface area contributed by atoms with Crippen LogP contribution in [0, 0.1) is 0 Å². The number of ether oxygens (including phenoxy) is 1. The molecule has 0 amide bonds. The third-order valence-corrected chi connectivity index (χ3v) is 8.37. The number of nitrogens with zero attached hydrogens (tertiary/aromatic N) is 2. The number of aromatic nitrogens is 1. The number of anilines is 2. The third kappa shape index (κ3) is 6.61. The molecule has 12 heteroatoms. The molecule has 2 N–H and O–H groups in total. The second kappa shape index (κ2) is 12.0. The van der Waals surface area contributed by atoms with Crippen molar-refractivity contribution in [2.75, 3.05) is 36.5 Å². The van der Waals surface area contributed by atoms with Crippen LogP contribution >= 0.6 is 0 Å². The summed E-state index contributed by atoms with van der Waals surface area (Å²) in [7, 11) is -3.92. The molecule has 0 aliphatic carbocycles. The van der Waals surface area contributed by atoms with Gasteiger partial charge in [-0.1, -0.05) is 42.5 Å². The molecule has 216 valence electrons. The predicted octanol–water partition coefficient (Wildman–Crippen LogP) is 5.73. The molecule has 1 aliphatic rings. The minimum absolute atomic E-state index is 0.0924. The van der Waals surface area contributed by atoms with Gasteiger partial charge in [0.1, 0.15) is 0 Å². The smallest absolute Gasteiger partial charge is 0.380 e. The van der Waals surface area contributed by atoms with E-state index in [0.29, 0.717) is 35.2 Å². The molecule has 41 heavy (non-hydrogen) atoms. The number of halogens is 4. The Hall–Kier alpha value is -3.74. The lowest BCUT2D eigenvalue weighted by molar-refractivity contribution is -0.182. The van der Waals surface area contributed by atoms with Crippen LogP contribution in [-0.2, 0) is 27.8 Å². The number of sulfonamides is 1. The molecule has 0 saturated carbocycles. The van der Waals surface area contributed by atoms with Crippen LogP contribution in [0.4, 0.5) is 28.9 Å². The van der Waals surface area contributed by atoms with Gasteiger partial charge in [-0.05, 0) is 41.0 Å². The van der Waals surface area contributed by atoms with E-state index in [0.717, 1.165) is 36.5 Å². The summed E-state index contributed by atoms with van der Waals surface area (Å²) in [5, 5.41) is 4.19. The molecule has 0 bridgehead atoms. The zero-order chi connectivity index (χ0) is 29.0. The molecule has 3 aromatic carbocycles. The number of fused-ring (bicyclic) bond motifs is 1. The van der Waals surface area contributed by atoms with Gasteiger partial charge in [-0.3, -0.25) is 4.98 Å². The average Bonchev–Trinajstić information content (AvgIpc) is 2.99. The standard InChI is InChI=1S/C29H28F4N4O3S/c30-28(29(31,32)33)21-7-5-20(6-8-21)17-35-25-9-10-27(23-11-12-34-19-24(23)25)41(38,39)36-18-22-3-1-2-4-26(22)37-13-15-40-16-14-37/h1-12,19,28,35-36H,13-18H2. The number of alkyl halides is 4. The fourth-order valence-corrected chi connectivity index (χ4v) is 5.98. The highest BCUT2D eigenvalue weighted by Crippen LogP contribution is 2.36. The monoisotopic (exact) mass is 588 g/mol. The number of hydrogen-bond acceptors (Lipinski definition) is 6. The van der Waals surface area contributed by atoms with Gasteiger partial charge in [-0.15, -0.1) is 0 Å². The van der Waals surface area contributed by atoms with Gasteiger partial charge in [0, 0.05) is 60.7 Å². The van der Waals surface area contributed by atoms with Gasteiger partial charge < -0.3 is 15.0 Å². The number of benzene rings is 3. The van der Waals surface area contributed by atoms with Gasteiger partial charge in [0.15, 0.2) is 0 Å². The molecule has 7 nitrogen and oxygen atoms in total. The summed E-state index contributed by atoms with van der Waals surface area (Å²) in [5.41, 5.74) is 2.55. The Balaban J connectivity index is 1.33. The van der Waals surface area contributed by atoms with E-state index in [9.17, 15) is 26.0 Å². The Labute approximate surface area is 235 Å². The summed E-state index contributed by atoms with van der Waals surface area (Å²) < 4.78 is 86.6. The minimum Gasteiger partial charge on any atom is -0.380 e. The lowest BCUT2D eigenvalue weighted by atomic mass is 10.1. The molecule has 1 atom stereocenters. The molecule has 0 spiro atoms. The third-order valence-electron chi connectivity index (χ3n) is 6.91. The van der Waals surface area contributed by atoms with Crippen LogP contribution < -0.4 is 14.9 Å². The number of para-hydroxylation sites is 1. The van der Waals surface area contributed by atoms with Gasteiger partial charge in [-0.2, -0.15) is 13.2 Å². The van der Waals surface area contributed by atoms with Crippen LogP contribution in [-0.4, -0.2) is 45.9 Å². The lowest BCUT2D eigenvalue weighted by Crippen LogP contribution is -2.37. The lowest BCUT2D eigenvalue weighted by Gasteiger charge is -2.30. The highest BCUT2D eigenvalue weighted by atomic mass is 32.2. The molecule has 0 radical (unpaired) electrons. The summed E-state index contributed by atoms with van der Waals surface area (Å²) in [5.74, 6) is 0. The van der Waals surface area contributed by atoms with Crippen LogP contribution in [0.1, 0.15) is 22.9 Å². The first-order chi connectivity index (χ1) is 19.6. The maximum absolute atomic E-state index is 13.6. The van der Waals surface area contributed by atoms with Crippen molar-refractivity contribution in [2.24, 2.45) is 0 Å². The number of hydrogen-bond donors (Lipinski definition) is 2. The van der Waals surface area contributed by atoms with Crippen molar-refractivity contribution >= 4 is 32.2 Å². The Morgan fingerprint density at radius 2 is 1.66 bits per heavy atom. The molecule has 1 fully saturated rings. The number of rotatable bonds is 9. The molecule has 1 aromatic heterocycles. The van der Waals surface area contributed by atoms with Gasteiger partial charge in [0.05, 0.1) is 18.1 Å². The van der Waals surface area contributed by atoms with E-state index in [1.54, 1.807) is 18.3 Å². The number of pyridine rings is 1. The van der Waals surface area contributed by atoms with E-state index < -0.39 is 27.9 Å².